The normalized spacial score (nSPS) is 13.7. The first-order chi connectivity index (χ1) is 14.1. The Hall–Kier alpha value is -2.82. The molecule has 6 heteroatoms. The number of rotatable bonds is 4. The molecule has 3 aromatic rings. The number of benzene rings is 2. The summed E-state index contributed by atoms with van der Waals surface area (Å²) in [6, 6.07) is 18.2. The second-order valence-corrected chi connectivity index (χ2v) is 7.52. The summed E-state index contributed by atoms with van der Waals surface area (Å²) in [6.45, 7) is 1.16. The molecule has 1 aromatic heterocycles. The van der Waals surface area contributed by atoms with Crippen LogP contribution in [0.4, 0.5) is 0 Å². The molecule has 0 atom stereocenters. The number of hydrogen-bond acceptors (Lipinski definition) is 3. The third kappa shape index (κ3) is 4.61. The smallest absolute Gasteiger partial charge is 0.259 e. The molecule has 1 aliphatic rings. The van der Waals surface area contributed by atoms with E-state index in [-0.39, 0.29) is 11.8 Å². The minimum atomic E-state index is -0.103. The van der Waals surface area contributed by atoms with Gasteiger partial charge in [0, 0.05) is 29.3 Å². The number of ether oxygens (including phenoxy) is 1. The molecule has 4 nitrogen and oxygen atoms in total. The fourth-order valence-electron chi connectivity index (χ4n) is 3.20. The molecule has 0 spiro atoms. The fraction of sp³-hybridized carbons (Fsp3) is 0.130. The highest BCUT2D eigenvalue weighted by atomic mass is 35.5. The lowest BCUT2D eigenvalue weighted by molar-refractivity contribution is 0.0769. The number of hydrogen-bond donors (Lipinski definition) is 0. The lowest BCUT2D eigenvalue weighted by atomic mass is 9.99. The van der Waals surface area contributed by atoms with E-state index in [1.54, 1.807) is 47.5 Å². The first-order valence-corrected chi connectivity index (χ1v) is 9.98. The van der Waals surface area contributed by atoms with Crippen LogP contribution in [0.3, 0.4) is 0 Å². The molecule has 2 aromatic carbocycles. The molecule has 0 N–H and O–H groups in total. The van der Waals surface area contributed by atoms with Crippen LogP contribution in [0.5, 0.6) is 11.6 Å². The monoisotopic (exact) mass is 424 g/mol. The Bertz CT molecular complexity index is 1050. The lowest BCUT2D eigenvalue weighted by Crippen LogP contribution is -2.35. The third-order valence-corrected chi connectivity index (χ3v) is 5.25. The van der Waals surface area contributed by atoms with E-state index in [0.29, 0.717) is 34.4 Å². The predicted molar refractivity (Wildman–Crippen MR) is 116 cm³/mol. The zero-order chi connectivity index (χ0) is 20.2. The van der Waals surface area contributed by atoms with Gasteiger partial charge in [0.15, 0.2) is 0 Å². The topological polar surface area (TPSA) is 42.4 Å². The maximum absolute atomic E-state index is 13.1. The van der Waals surface area contributed by atoms with Crippen LogP contribution < -0.4 is 4.74 Å². The van der Waals surface area contributed by atoms with Crippen LogP contribution in [-0.4, -0.2) is 28.9 Å². The molecule has 0 aliphatic carbocycles. The van der Waals surface area contributed by atoms with Crippen LogP contribution in [0.2, 0.25) is 10.0 Å². The van der Waals surface area contributed by atoms with Crippen molar-refractivity contribution in [2.24, 2.45) is 0 Å². The van der Waals surface area contributed by atoms with Gasteiger partial charge in [-0.25, -0.2) is 4.98 Å². The highest BCUT2D eigenvalue weighted by Gasteiger charge is 2.23. The highest BCUT2D eigenvalue weighted by Crippen LogP contribution is 2.28. The summed E-state index contributed by atoms with van der Waals surface area (Å²) in [7, 11) is 0. The molecule has 4 rings (SSSR count). The summed E-state index contributed by atoms with van der Waals surface area (Å²) < 4.78 is 5.83. The summed E-state index contributed by atoms with van der Waals surface area (Å²) in [6.07, 6.45) is 4.47. The Balaban J connectivity index is 1.50. The average Bonchev–Trinajstić information content (AvgIpc) is 2.76. The van der Waals surface area contributed by atoms with Gasteiger partial charge in [-0.2, -0.15) is 0 Å². The first kappa shape index (κ1) is 19.5. The van der Waals surface area contributed by atoms with Crippen molar-refractivity contribution in [2.45, 2.75) is 6.42 Å². The van der Waals surface area contributed by atoms with Crippen molar-refractivity contribution in [1.29, 1.82) is 0 Å². The van der Waals surface area contributed by atoms with Gasteiger partial charge in [-0.1, -0.05) is 41.4 Å². The van der Waals surface area contributed by atoms with E-state index in [1.165, 1.54) is 5.57 Å². The molecule has 0 saturated carbocycles. The number of carbonyl (C=O) groups excluding carboxylic acids is 1. The highest BCUT2D eigenvalue weighted by molar-refractivity contribution is 6.30. The molecule has 0 unspecified atom stereocenters. The van der Waals surface area contributed by atoms with Gasteiger partial charge in [-0.3, -0.25) is 4.79 Å². The van der Waals surface area contributed by atoms with Gasteiger partial charge in [0.2, 0.25) is 5.88 Å². The van der Waals surface area contributed by atoms with Gasteiger partial charge in [-0.05, 0) is 66.1 Å². The van der Waals surface area contributed by atoms with E-state index in [4.69, 9.17) is 27.9 Å². The van der Waals surface area contributed by atoms with E-state index >= 15 is 0 Å². The second kappa shape index (κ2) is 8.68. The van der Waals surface area contributed by atoms with Crippen molar-refractivity contribution >= 4 is 34.7 Å². The number of amides is 1. The molecule has 29 heavy (non-hydrogen) atoms. The molecule has 0 radical (unpaired) electrons. The van der Waals surface area contributed by atoms with E-state index in [2.05, 4.69) is 11.1 Å². The Morgan fingerprint density at radius 2 is 1.66 bits per heavy atom. The van der Waals surface area contributed by atoms with Crippen molar-refractivity contribution < 1.29 is 9.53 Å². The molecule has 0 fully saturated rings. The Morgan fingerprint density at radius 3 is 2.31 bits per heavy atom. The number of nitrogens with zero attached hydrogens (tertiary/aromatic N) is 2. The molecular weight excluding hydrogens is 407 g/mol. The molecule has 2 heterocycles. The first-order valence-electron chi connectivity index (χ1n) is 9.23. The van der Waals surface area contributed by atoms with Crippen LogP contribution in [-0.2, 0) is 0 Å². The van der Waals surface area contributed by atoms with Crippen molar-refractivity contribution in [3.8, 4) is 11.6 Å². The molecule has 146 valence electrons. The third-order valence-electron chi connectivity index (χ3n) is 4.74. The standard InChI is InChI=1S/C23H18Cl2N2O2/c24-18-5-3-16(4-6-18)17-11-14-27(15-12-17)23(28)21-2-1-13-26-22(21)29-20-9-7-19(25)8-10-20/h1-11,13H,12,14-15H2. The van der Waals surface area contributed by atoms with Crippen LogP contribution in [0.15, 0.2) is 72.9 Å². The van der Waals surface area contributed by atoms with Gasteiger partial charge >= 0.3 is 0 Å². The summed E-state index contributed by atoms with van der Waals surface area (Å²) in [5.74, 6) is 0.756. The van der Waals surface area contributed by atoms with Crippen LogP contribution >= 0.6 is 23.2 Å². The fourth-order valence-corrected chi connectivity index (χ4v) is 3.45. The Morgan fingerprint density at radius 1 is 0.966 bits per heavy atom. The summed E-state index contributed by atoms with van der Waals surface area (Å²) in [5, 5.41) is 1.33. The van der Waals surface area contributed by atoms with Crippen molar-refractivity contribution in [3.63, 3.8) is 0 Å². The van der Waals surface area contributed by atoms with Gasteiger partial charge in [0.05, 0.1) is 0 Å². The molecule has 1 amide bonds. The van der Waals surface area contributed by atoms with E-state index in [1.807, 2.05) is 24.3 Å². The SMILES string of the molecule is O=C(c1cccnc1Oc1ccc(Cl)cc1)N1CC=C(c2ccc(Cl)cc2)CC1. The summed E-state index contributed by atoms with van der Waals surface area (Å²) >= 11 is 11.9. The van der Waals surface area contributed by atoms with Gasteiger partial charge in [0.1, 0.15) is 11.3 Å². The molecule has 0 saturated heterocycles. The quantitative estimate of drug-likeness (QED) is 0.507. The number of halogens is 2. The van der Waals surface area contributed by atoms with Crippen molar-refractivity contribution in [3.05, 3.63) is 94.1 Å². The Kier molecular flexibility index (Phi) is 5.84. The van der Waals surface area contributed by atoms with Crippen molar-refractivity contribution in [2.75, 3.05) is 13.1 Å². The van der Waals surface area contributed by atoms with E-state index < -0.39 is 0 Å². The zero-order valence-corrected chi connectivity index (χ0v) is 17.0. The van der Waals surface area contributed by atoms with Crippen LogP contribution in [0.25, 0.3) is 5.57 Å². The lowest BCUT2D eigenvalue weighted by Gasteiger charge is -2.27. The van der Waals surface area contributed by atoms with Crippen LogP contribution in [0.1, 0.15) is 22.3 Å². The maximum atomic E-state index is 13.1. The predicted octanol–water partition coefficient (Wildman–Crippen LogP) is 6.11. The minimum absolute atomic E-state index is 0.103. The van der Waals surface area contributed by atoms with Crippen LogP contribution in [0, 0.1) is 0 Å². The largest absolute Gasteiger partial charge is 0.438 e. The molecule has 1 aliphatic heterocycles. The zero-order valence-electron chi connectivity index (χ0n) is 15.5. The van der Waals surface area contributed by atoms with Gasteiger partial charge in [0.25, 0.3) is 5.91 Å². The van der Waals surface area contributed by atoms with E-state index in [9.17, 15) is 4.79 Å². The maximum Gasteiger partial charge on any atom is 0.259 e. The molecule has 0 bridgehead atoms. The number of pyridine rings is 1. The minimum Gasteiger partial charge on any atom is -0.438 e. The summed E-state index contributed by atoms with van der Waals surface area (Å²) in [5.41, 5.74) is 2.79. The summed E-state index contributed by atoms with van der Waals surface area (Å²) in [4.78, 5) is 19.1. The van der Waals surface area contributed by atoms with Gasteiger partial charge in [-0.15, -0.1) is 0 Å². The number of aromatic nitrogens is 1. The molecular formula is C23H18Cl2N2O2. The van der Waals surface area contributed by atoms with Crippen molar-refractivity contribution in [1.82, 2.24) is 9.88 Å². The van der Waals surface area contributed by atoms with E-state index in [0.717, 1.165) is 12.0 Å². The Labute approximate surface area is 179 Å². The second-order valence-electron chi connectivity index (χ2n) is 6.65. The van der Waals surface area contributed by atoms with Gasteiger partial charge < -0.3 is 9.64 Å². The number of carbonyl (C=O) groups is 1. The average molecular weight is 425 g/mol.